The van der Waals surface area contributed by atoms with E-state index in [9.17, 15) is 4.79 Å². The number of aromatic nitrogens is 3. The first-order valence-corrected chi connectivity index (χ1v) is 7.53. The molecule has 0 bridgehead atoms. The number of benzene rings is 1. The lowest BCUT2D eigenvalue weighted by Gasteiger charge is -2.05. The quantitative estimate of drug-likeness (QED) is 0.850. The molecular formula is C12H13BrN4OS. The van der Waals surface area contributed by atoms with Gasteiger partial charge >= 0.3 is 0 Å². The molecule has 1 aromatic heterocycles. The topological polar surface area (TPSA) is 59.8 Å². The minimum Gasteiger partial charge on any atom is -0.325 e. The third-order valence-electron chi connectivity index (χ3n) is 2.38. The number of carbonyl (C=O) groups excluding carboxylic acids is 1. The maximum absolute atomic E-state index is 11.8. The highest BCUT2D eigenvalue weighted by Crippen LogP contribution is 2.17. The van der Waals surface area contributed by atoms with E-state index in [0.717, 1.165) is 21.9 Å². The Morgan fingerprint density at radius 2 is 2.16 bits per heavy atom. The molecule has 5 nitrogen and oxygen atoms in total. The Morgan fingerprint density at radius 1 is 1.42 bits per heavy atom. The van der Waals surface area contributed by atoms with Crippen LogP contribution in [0.5, 0.6) is 0 Å². The number of hydrogen-bond donors (Lipinski definition) is 1. The fourth-order valence-electron chi connectivity index (χ4n) is 1.43. The summed E-state index contributed by atoms with van der Waals surface area (Å²) in [5.41, 5.74) is 0.783. The number of thioether (sulfide) groups is 1. The van der Waals surface area contributed by atoms with Crippen LogP contribution in [0.3, 0.4) is 0 Å². The SMILES string of the molecule is CCn1cnnc1SCC(=O)Nc1ccc(Br)cc1. The van der Waals surface area contributed by atoms with E-state index < -0.39 is 0 Å². The van der Waals surface area contributed by atoms with Gasteiger partial charge in [-0.1, -0.05) is 27.7 Å². The van der Waals surface area contributed by atoms with E-state index in [2.05, 4.69) is 31.4 Å². The van der Waals surface area contributed by atoms with Crippen molar-refractivity contribution in [2.75, 3.05) is 11.1 Å². The highest BCUT2D eigenvalue weighted by atomic mass is 79.9. The van der Waals surface area contributed by atoms with Crippen LogP contribution in [0, 0.1) is 0 Å². The second kappa shape index (κ2) is 6.72. The summed E-state index contributed by atoms with van der Waals surface area (Å²) < 4.78 is 2.88. The normalized spacial score (nSPS) is 10.4. The van der Waals surface area contributed by atoms with Crippen molar-refractivity contribution in [3.05, 3.63) is 35.1 Å². The standard InChI is InChI=1S/C12H13BrN4OS/c1-2-17-8-14-16-12(17)19-7-11(18)15-10-5-3-9(13)4-6-10/h3-6,8H,2,7H2,1H3,(H,15,18). The molecule has 0 aliphatic carbocycles. The molecule has 0 unspecified atom stereocenters. The summed E-state index contributed by atoms with van der Waals surface area (Å²) >= 11 is 4.73. The number of amides is 1. The van der Waals surface area contributed by atoms with Gasteiger partial charge in [-0.25, -0.2) is 0 Å². The summed E-state index contributed by atoms with van der Waals surface area (Å²) in [7, 11) is 0. The van der Waals surface area contributed by atoms with Gasteiger partial charge in [0.1, 0.15) is 6.33 Å². The van der Waals surface area contributed by atoms with Gasteiger partial charge in [-0.05, 0) is 31.2 Å². The van der Waals surface area contributed by atoms with Crippen molar-refractivity contribution in [1.29, 1.82) is 0 Å². The lowest BCUT2D eigenvalue weighted by Crippen LogP contribution is -2.14. The molecule has 100 valence electrons. The zero-order chi connectivity index (χ0) is 13.7. The molecule has 7 heteroatoms. The van der Waals surface area contributed by atoms with Crippen molar-refractivity contribution in [3.63, 3.8) is 0 Å². The summed E-state index contributed by atoms with van der Waals surface area (Å²) in [6.07, 6.45) is 1.66. The Bertz CT molecular complexity index is 555. The largest absolute Gasteiger partial charge is 0.325 e. The predicted octanol–water partition coefficient (Wildman–Crippen LogP) is 2.79. The molecule has 1 heterocycles. The maximum Gasteiger partial charge on any atom is 0.234 e. The van der Waals surface area contributed by atoms with E-state index in [-0.39, 0.29) is 5.91 Å². The van der Waals surface area contributed by atoms with Crippen LogP contribution in [0.25, 0.3) is 0 Å². The number of nitrogens with one attached hydrogen (secondary N) is 1. The van der Waals surface area contributed by atoms with Crippen molar-refractivity contribution in [2.45, 2.75) is 18.6 Å². The summed E-state index contributed by atoms with van der Waals surface area (Å²) in [6.45, 7) is 2.80. The predicted molar refractivity (Wildman–Crippen MR) is 79.2 cm³/mol. The smallest absolute Gasteiger partial charge is 0.234 e. The molecule has 1 N–H and O–H groups in total. The molecule has 0 saturated carbocycles. The van der Waals surface area contributed by atoms with Crippen LogP contribution in [-0.4, -0.2) is 26.4 Å². The minimum absolute atomic E-state index is 0.0574. The first-order valence-electron chi connectivity index (χ1n) is 5.75. The number of hydrogen-bond acceptors (Lipinski definition) is 4. The summed E-state index contributed by atoms with van der Waals surface area (Å²) in [6, 6.07) is 7.47. The van der Waals surface area contributed by atoms with Gasteiger partial charge < -0.3 is 9.88 Å². The van der Waals surface area contributed by atoms with Crippen LogP contribution in [0.2, 0.25) is 0 Å². The number of anilines is 1. The molecule has 0 spiro atoms. The number of halogens is 1. The monoisotopic (exact) mass is 340 g/mol. The molecule has 0 aliphatic heterocycles. The fourth-order valence-corrected chi connectivity index (χ4v) is 2.48. The number of rotatable bonds is 5. The van der Waals surface area contributed by atoms with Crippen LogP contribution in [0.4, 0.5) is 5.69 Å². The van der Waals surface area contributed by atoms with E-state index in [4.69, 9.17) is 0 Å². The van der Waals surface area contributed by atoms with Gasteiger partial charge in [0.2, 0.25) is 5.91 Å². The van der Waals surface area contributed by atoms with Gasteiger partial charge in [0.05, 0.1) is 5.75 Å². The van der Waals surface area contributed by atoms with E-state index >= 15 is 0 Å². The van der Waals surface area contributed by atoms with Gasteiger partial charge in [-0.15, -0.1) is 10.2 Å². The Kier molecular flexibility index (Phi) is 4.98. The molecule has 0 fully saturated rings. The van der Waals surface area contributed by atoms with Crippen LogP contribution < -0.4 is 5.32 Å². The van der Waals surface area contributed by atoms with Gasteiger partial charge in [0, 0.05) is 16.7 Å². The Balaban J connectivity index is 1.86. The van der Waals surface area contributed by atoms with Crippen molar-refractivity contribution in [3.8, 4) is 0 Å². The molecule has 1 aromatic carbocycles. The molecule has 0 aliphatic rings. The third kappa shape index (κ3) is 4.07. The molecule has 2 rings (SSSR count). The average Bonchev–Trinajstić information content (AvgIpc) is 2.86. The molecule has 19 heavy (non-hydrogen) atoms. The van der Waals surface area contributed by atoms with Crippen LogP contribution in [0.15, 0.2) is 40.2 Å². The highest BCUT2D eigenvalue weighted by Gasteiger charge is 2.08. The zero-order valence-electron chi connectivity index (χ0n) is 10.3. The van der Waals surface area contributed by atoms with Crippen molar-refractivity contribution in [1.82, 2.24) is 14.8 Å². The van der Waals surface area contributed by atoms with Gasteiger partial charge in [-0.3, -0.25) is 4.79 Å². The second-order valence-electron chi connectivity index (χ2n) is 3.74. The number of nitrogens with zero attached hydrogens (tertiary/aromatic N) is 3. The van der Waals surface area contributed by atoms with E-state index in [0.29, 0.717) is 5.75 Å². The first-order chi connectivity index (χ1) is 9.19. The van der Waals surface area contributed by atoms with E-state index in [1.807, 2.05) is 35.8 Å². The van der Waals surface area contributed by atoms with Crippen LogP contribution >= 0.6 is 27.7 Å². The highest BCUT2D eigenvalue weighted by molar-refractivity contribution is 9.10. The minimum atomic E-state index is -0.0574. The van der Waals surface area contributed by atoms with Crippen molar-refractivity contribution < 1.29 is 4.79 Å². The van der Waals surface area contributed by atoms with Crippen molar-refractivity contribution >= 4 is 39.3 Å². The van der Waals surface area contributed by atoms with Gasteiger partial charge in [0.25, 0.3) is 0 Å². The molecular weight excluding hydrogens is 328 g/mol. The van der Waals surface area contributed by atoms with Gasteiger partial charge in [-0.2, -0.15) is 0 Å². The lowest BCUT2D eigenvalue weighted by atomic mass is 10.3. The third-order valence-corrected chi connectivity index (χ3v) is 3.89. The fraction of sp³-hybridized carbons (Fsp3) is 0.250. The number of aryl methyl sites for hydroxylation is 1. The average molecular weight is 341 g/mol. The Morgan fingerprint density at radius 3 is 2.84 bits per heavy atom. The Hall–Kier alpha value is -1.34. The number of carbonyl (C=O) groups is 1. The van der Waals surface area contributed by atoms with E-state index in [1.54, 1.807) is 6.33 Å². The van der Waals surface area contributed by atoms with Crippen LogP contribution in [0.1, 0.15) is 6.92 Å². The van der Waals surface area contributed by atoms with E-state index in [1.165, 1.54) is 11.8 Å². The second-order valence-corrected chi connectivity index (χ2v) is 5.60. The van der Waals surface area contributed by atoms with Gasteiger partial charge in [0.15, 0.2) is 5.16 Å². The molecule has 1 amide bonds. The maximum atomic E-state index is 11.8. The van der Waals surface area contributed by atoms with Crippen molar-refractivity contribution in [2.24, 2.45) is 0 Å². The molecule has 0 saturated heterocycles. The first kappa shape index (κ1) is 14.1. The zero-order valence-corrected chi connectivity index (χ0v) is 12.7. The molecule has 0 radical (unpaired) electrons. The Labute approximate surface area is 123 Å². The van der Waals surface area contributed by atoms with Crippen LogP contribution in [-0.2, 0) is 11.3 Å². The summed E-state index contributed by atoms with van der Waals surface area (Å²) in [5.74, 6) is 0.257. The lowest BCUT2D eigenvalue weighted by molar-refractivity contribution is -0.113. The molecule has 2 aromatic rings. The summed E-state index contributed by atoms with van der Waals surface area (Å²) in [5, 5.41) is 11.4. The molecule has 0 atom stereocenters. The summed E-state index contributed by atoms with van der Waals surface area (Å²) in [4.78, 5) is 11.8.